The van der Waals surface area contributed by atoms with E-state index in [9.17, 15) is 9.59 Å². The normalized spacial score (nSPS) is 18.6. The maximum atomic E-state index is 13.9. The molecular weight excluding hydrogens is 578 g/mol. The van der Waals surface area contributed by atoms with E-state index in [-0.39, 0.29) is 25.3 Å². The monoisotopic (exact) mass is 617 g/mol. The van der Waals surface area contributed by atoms with Gasteiger partial charge in [-0.1, -0.05) is 47.5 Å². The SMILES string of the molecule is CCCCNNC(=O)[C@@]1(CCC(=O)OC(C)(C)C)N=C(c2ccc(OCCCO)cc2)O[C@H]1c1ccccc1Br. The van der Waals surface area contributed by atoms with Crippen LogP contribution in [-0.4, -0.2) is 53.8 Å². The zero-order valence-corrected chi connectivity index (χ0v) is 25.3. The minimum Gasteiger partial charge on any atom is -0.494 e. The summed E-state index contributed by atoms with van der Waals surface area (Å²) < 4.78 is 18.4. The molecule has 2 atom stereocenters. The Kier molecular flexibility index (Phi) is 11.5. The number of benzene rings is 2. The number of hydrazine groups is 1. The molecule has 218 valence electrons. The summed E-state index contributed by atoms with van der Waals surface area (Å²) in [6.07, 6.45) is 1.62. The zero-order valence-electron chi connectivity index (χ0n) is 23.7. The first kappa shape index (κ1) is 31.6. The Labute approximate surface area is 244 Å². The van der Waals surface area contributed by atoms with Gasteiger partial charge in [0, 0.05) is 41.6 Å². The number of hydrogen-bond donors (Lipinski definition) is 3. The van der Waals surface area contributed by atoms with E-state index in [1.54, 1.807) is 32.9 Å². The molecule has 1 aliphatic rings. The zero-order chi connectivity index (χ0) is 29.2. The standard InChI is InChI=1S/C30H40BrN3O6/c1-5-6-18-32-34-28(37)30(17-16-25(36)40-29(2,3)4)26(23-10-7-8-11-24(23)31)39-27(33-30)21-12-14-22(15-13-21)38-20-9-19-35/h7-8,10-15,26,32,35H,5-6,9,16-20H2,1-4H3,(H,34,37)/t26-,30-/m0/s1. The summed E-state index contributed by atoms with van der Waals surface area (Å²) in [6, 6.07) is 14.7. The second kappa shape index (κ2) is 14.6. The summed E-state index contributed by atoms with van der Waals surface area (Å²) in [5.41, 5.74) is 5.11. The molecule has 3 N–H and O–H groups in total. The summed E-state index contributed by atoms with van der Waals surface area (Å²) in [6.45, 7) is 8.54. The fourth-order valence-corrected chi connectivity index (χ4v) is 4.73. The summed E-state index contributed by atoms with van der Waals surface area (Å²) in [7, 11) is 0. The molecule has 0 fully saturated rings. The quantitative estimate of drug-likeness (QED) is 0.155. The molecule has 10 heteroatoms. The molecule has 0 spiro atoms. The molecule has 0 saturated heterocycles. The Morgan fingerprint density at radius 2 is 1.85 bits per heavy atom. The first-order valence-corrected chi connectivity index (χ1v) is 14.5. The van der Waals surface area contributed by atoms with Gasteiger partial charge >= 0.3 is 5.97 Å². The highest BCUT2D eigenvalue weighted by Gasteiger charge is 2.54. The van der Waals surface area contributed by atoms with Crippen molar-refractivity contribution < 1.29 is 28.9 Å². The molecule has 3 rings (SSSR count). The summed E-state index contributed by atoms with van der Waals surface area (Å²) in [5, 5.41) is 9.00. The smallest absolute Gasteiger partial charge is 0.306 e. The van der Waals surface area contributed by atoms with E-state index in [0.717, 1.165) is 22.9 Å². The molecule has 40 heavy (non-hydrogen) atoms. The van der Waals surface area contributed by atoms with E-state index in [0.29, 0.717) is 30.9 Å². The number of amides is 1. The third-order valence-corrected chi connectivity index (χ3v) is 6.93. The molecule has 1 aliphatic heterocycles. The number of hydrogen-bond acceptors (Lipinski definition) is 8. The van der Waals surface area contributed by atoms with Crippen molar-refractivity contribution in [2.24, 2.45) is 4.99 Å². The number of unbranched alkanes of at least 4 members (excludes halogenated alkanes) is 1. The van der Waals surface area contributed by atoms with Crippen molar-refractivity contribution in [1.29, 1.82) is 0 Å². The molecule has 0 aliphatic carbocycles. The number of esters is 1. The number of rotatable bonds is 14. The minimum atomic E-state index is -1.45. The lowest BCUT2D eigenvalue weighted by molar-refractivity contribution is -0.155. The van der Waals surface area contributed by atoms with Crippen LogP contribution in [0, 0.1) is 0 Å². The number of aliphatic hydroxyl groups excluding tert-OH is 1. The fraction of sp³-hybridized carbons (Fsp3) is 0.500. The number of carbonyl (C=O) groups excluding carboxylic acids is 2. The van der Waals surface area contributed by atoms with Gasteiger partial charge in [0.15, 0.2) is 11.6 Å². The van der Waals surface area contributed by atoms with Crippen molar-refractivity contribution in [1.82, 2.24) is 10.9 Å². The Balaban J connectivity index is 2.00. The molecule has 0 aromatic heterocycles. The molecule has 1 amide bonds. The van der Waals surface area contributed by atoms with Crippen LogP contribution in [0.1, 0.15) is 77.0 Å². The van der Waals surface area contributed by atoms with Crippen LogP contribution in [-0.2, 0) is 19.1 Å². The Morgan fingerprint density at radius 3 is 2.50 bits per heavy atom. The van der Waals surface area contributed by atoms with Crippen molar-refractivity contribution in [2.45, 2.75) is 77.0 Å². The molecule has 0 saturated carbocycles. The Morgan fingerprint density at radius 1 is 1.12 bits per heavy atom. The third-order valence-electron chi connectivity index (χ3n) is 6.21. The minimum absolute atomic E-state index is 0.0294. The molecule has 0 radical (unpaired) electrons. The van der Waals surface area contributed by atoms with Gasteiger partial charge in [0.1, 0.15) is 11.4 Å². The fourth-order valence-electron chi connectivity index (χ4n) is 4.24. The van der Waals surface area contributed by atoms with Crippen LogP contribution >= 0.6 is 15.9 Å². The largest absolute Gasteiger partial charge is 0.494 e. The topological polar surface area (TPSA) is 118 Å². The molecule has 0 bridgehead atoms. The van der Waals surface area contributed by atoms with E-state index < -0.39 is 29.1 Å². The number of aliphatic imine (C=N–C) groups is 1. The van der Waals surface area contributed by atoms with Gasteiger partial charge in [-0.05, 0) is 63.9 Å². The van der Waals surface area contributed by atoms with Crippen molar-refractivity contribution in [3.05, 3.63) is 64.1 Å². The van der Waals surface area contributed by atoms with Crippen LogP contribution in [0.15, 0.2) is 58.0 Å². The van der Waals surface area contributed by atoms with Gasteiger partial charge in [0.25, 0.3) is 5.91 Å². The van der Waals surface area contributed by atoms with Crippen LogP contribution in [0.5, 0.6) is 5.75 Å². The molecule has 2 aromatic carbocycles. The lowest BCUT2D eigenvalue weighted by Gasteiger charge is -2.31. The second-order valence-corrected chi connectivity index (χ2v) is 11.5. The number of nitrogens with zero attached hydrogens (tertiary/aromatic N) is 1. The van der Waals surface area contributed by atoms with Crippen LogP contribution in [0.25, 0.3) is 0 Å². The van der Waals surface area contributed by atoms with Gasteiger partial charge in [0.05, 0.1) is 6.61 Å². The van der Waals surface area contributed by atoms with Crippen molar-refractivity contribution in [3.8, 4) is 5.75 Å². The van der Waals surface area contributed by atoms with Crippen LogP contribution < -0.4 is 15.6 Å². The van der Waals surface area contributed by atoms with E-state index in [2.05, 4.69) is 33.7 Å². The molecule has 1 heterocycles. The first-order chi connectivity index (χ1) is 19.1. The highest BCUT2D eigenvalue weighted by Crippen LogP contribution is 2.45. The maximum Gasteiger partial charge on any atom is 0.306 e. The Hall–Kier alpha value is -2.95. The molecular formula is C30H40BrN3O6. The second-order valence-electron chi connectivity index (χ2n) is 10.6. The first-order valence-electron chi connectivity index (χ1n) is 13.7. The summed E-state index contributed by atoms with van der Waals surface area (Å²) >= 11 is 3.61. The maximum absolute atomic E-state index is 13.9. The van der Waals surface area contributed by atoms with E-state index in [1.165, 1.54) is 0 Å². The van der Waals surface area contributed by atoms with Gasteiger partial charge in [-0.25, -0.2) is 10.4 Å². The van der Waals surface area contributed by atoms with Gasteiger partial charge in [-0.2, -0.15) is 0 Å². The van der Waals surface area contributed by atoms with Crippen LogP contribution in [0.2, 0.25) is 0 Å². The van der Waals surface area contributed by atoms with E-state index in [4.69, 9.17) is 24.3 Å². The molecule has 9 nitrogen and oxygen atoms in total. The van der Waals surface area contributed by atoms with Gasteiger partial charge in [-0.15, -0.1) is 0 Å². The predicted octanol–water partition coefficient (Wildman–Crippen LogP) is 5.01. The average Bonchev–Trinajstić information content (AvgIpc) is 3.30. The van der Waals surface area contributed by atoms with Gasteiger partial charge in [0.2, 0.25) is 5.90 Å². The van der Waals surface area contributed by atoms with Crippen LogP contribution in [0.4, 0.5) is 0 Å². The predicted molar refractivity (Wildman–Crippen MR) is 157 cm³/mol. The van der Waals surface area contributed by atoms with Gasteiger partial charge < -0.3 is 19.3 Å². The van der Waals surface area contributed by atoms with Crippen molar-refractivity contribution >= 4 is 33.7 Å². The number of halogens is 1. The van der Waals surface area contributed by atoms with Crippen LogP contribution in [0.3, 0.4) is 0 Å². The van der Waals surface area contributed by atoms with Gasteiger partial charge in [-0.3, -0.25) is 15.0 Å². The summed E-state index contributed by atoms with van der Waals surface area (Å²) in [4.78, 5) is 31.6. The molecule has 2 aromatic rings. The molecule has 0 unspecified atom stereocenters. The highest BCUT2D eigenvalue weighted by atomic mass is 79.9. The third kappa shape index (κ3) is 8.52. The van der Waals surface area contributed by atoms with E-state index >= 15 is 0 Å². The number of carbonyl (C=O) groups is 2. The van der Waals surface area contributed by atoms with Crippen molar-refractivity contribution in [3.63, 3.8) is 0 Å². The lowest BCUT2D eigenvalue weighted by atomic mass is 9.83. The number of aliphatic hydroxyl groups is 1. The highest BCUT2D eigenvalue weighted by molar-refractivity contribution is 9.10. The number of ether oxygens (including phenoxy) is 3. The van der Waals surface area contributed by atoms with Crippen molar-refractivity contribution in [2.75, 3.05) is 19.8 Å². The van der Waals surface area contributed by atoms with E-state index in [1.807, 2.05) is 36.4 Å². The average molecular weight is 619 g/mol. The lowest BCUT2D eigenvalue weighted by Crippen LogP contribution is -2.53. The number of nitrogens with one attached hydrogen (secondary N) is 2. The Bertz CT molecular complexity index is 1160. The summed E-state index contributed by atoms with van der Waals surface area (Å²) in [5.74, 6) is 0.118.